The van der Waals surface area contributed by atoms with E-state index in [1.807, 2.05) is 26.1 Å². The summed E-state index contributed by atoms with van der Waals surface area (Å²) in [6.45, 7) is 2.67. The molecule has 4 heterocycles. The Kier molecular flexibility index (Phi) is 4.24. The fourth-order valence-corrected chi connectivity index (χ4v) is 3.58. The molecule has 0 spiro atoms. The summed E-state index contributed by atoms with van der Waals surface area (Å²) in [5.41, 5.74) is 4.29. The molecule has 154 valence electrons. The quantitative estimate of drug-likeness (QED) is 0.433. The van der Waals surface area contributed by atoms with Gasteiger partial charge in [-0.3, -0.25) is 9.20 Å². The zero-order valence-corrected chi connectivity index (χ0v) is 16.8. The van der Waals surface area contributed by atoms with Crippen molar-refractivity contribution in [2.45, 2.75) is 19.6 Å². The average Bonchev–Trinajstić information content (AvgIpc) is 3.31. The normalized spacial score (nSPS) is 17.0. The van der Waals surface area contributed by atoms with Crippen LogP contribution >= 0.6 is 0 Å². The molecule has 1 aromatic carbocycles. The van der Waals surface area contributed by atoms with Gasteiger partial charge in [0.2, 0.25) is 0 Å². The molecule has 1 aliphatic rings. The van der Waals surface area contributed by atoms with Gasteiger partial charge in [-0.25, -0.2) is 14.6 Å². The van der Waals surface area contributed by atoms with Crippen molar-refractivity contribution in [3.8, 4) is 0 Å². The Balaban J connectivity index is 1.72. The van der Waals surface area contributed by atoms with Crippen LogP contribution in [0.2, 0.25) is 0 Å². The number of carbonyl (C=O) groups is 1. The number of rotatable bonds is 1. The predicted molar refractivity (Wildman–Crippen MR) is 111 cm³/mol. The number of carbonyl (C=O) groups excluding carboxylic acids is 1. The summed E-state index contributed by atoms with van der Waals surface area (Å²) in [4.78, 5) is 21.8. The molecule has 4 bridgehead atoms. The van der Waals surface area contributed by atoms with Crippen molar-refractivity contribution >= 4 is 39.9 Å². The monoisotopic (exact) mass is 407 g/mol. The first-order valence-electron chi connectivity index (χ1n) is 9.57. The van der Waals surface area contributed by atoms with Crippen LogP contribution in [-0.4, -0.2) is 55.0 Å². The van der Waals surface area contributed by atoms with E-state index in [9.17, 15) is 4.79 Å². The lowest BCUT2D eigenvalue weighted by molar-refractivity contribution is 0.0816. The molecular formula is C19H21N9O2. The molecule has 11 heteroatoms. The predicted octanol–water partition coefficient (Wildman–Crippen LogP) is 1.44. The van der Waals surface area contributed by atoms with Crippen LogP contribution in [0.3, 0.4) is 0 Å². The number of anilines is 3. The largest absolute Gasteiger partial charge is 0.375 e. The lowest BCUT2D eigenvalue weighted by atomic mass is 10.1. The van der Waals surface area contributed by atoms with E-state index >= 15 is 0 Å². The van der Waals surface area contributed by atoms with E-state index in [4.69, 9.17) is 4.74 Å². The molecule has 1 atom stereocenters. The molecule has 3 aromatic heterocycles. The second-order valence-corrected chi connectivity index (χ2v) is 7.30. The van der Waals surface area contributed by atoms with E-state index in [1.54, 1.807) is 22.3 Å². The summed E-state index contributed by atoms with van der Waals surface area (Å²) in [7, 11) is 3.61. The minimum atomic E-state index is -0.232. The molecule has 0 unspecified atom stereocenters. The SMILES string of the molecule is CNc1nc2cn3c(cnc13)C(=O)N[C@H](C)COCc1cc(c3nnn(C)c3c1)N2. The number of nitrogens with one attached hydrogen (secondary N) is 3. The zero-order chi connectivity index (χ0) is 20.8. The molecule has 1 amide bonds. The van der Waals surface area contributed by atoms with E-state index in [-0.39, 0.29) is 11.9 Å². The number of amides is 1. The number of ether oxygens (including phenoxy) is 1. The smallest absolute Gasteiger partial charge is 0.270 e. The van der Waals surface area contributed by atoms with Gasteiger partial charge in [-0.15, -0.1) is 5.10 Å². The van der Waals surface area contributed by atoms with Crippen LogP contribution in [0.15, 0.2) is 24.5 Å². The molecule has 0 saturated carbocycles. The number of aryl methyl sites for hydroxylation is 1. The first kappa shape index (κ1) is 18.3. The molecule has 0 saturated heterocycles. The highest BCUT2D eigenvalue weighted by Gasteiger charge is 2.19. The third kappa shape index (κ3) is 2.99. The van der Waals surface area contributed by atoms with Gasteiger partial charge in [0.1, 0.15) is 17.0 Å². The maximum absolute atomic E-state index is 12.8. The molecule has 4 aromatic rings. The fourth-order valence-electron chi connectivity index (χ4n) is 3.58. The Morgan fingerprint density at radius 3 is 3.03 bits per heavy atom. The first-order valence-corrected chi connectivity index (χ1v) is 9.57. The number of hydrogen-bond acceptors (Lipinski definition) is 8. The van der Waals surface area contributed by atoms with Crippen molar-refractivity contribution in [1.82, 2.24) is 34.7 Å². The van der Waals surface area contributed by atoms with Gasteiger partial charge in [0, 0.05) is 20.1 Å². The van der Waals surface area contributed by atoms with Gasteiger partial charge in [0.25, 0.3) is 5.91 Å². The molecule has 11 nitrogen and oxygen atoms in total. The lowest BCUT2D eigenvalue weighted by Gasteiger charge is -2.16. The number of imidazole rings is 1. The van der Waals surface area contributed by atoms with Crippen molar-refractivity contribution in [3.05, 3.63) is 35.8 Å². The Labute approximate surface area is 171 Å². The minimum absolute atomic E-state index is 0.171. The molecule has 0 radical (unpaired) electrons. The highest BCUT2D eigenvalue weighted by atomic mass is 16.5. The number of hydrogen-bond donors (Lipinski definition) is 3. The van der Waals surface area contributed by atoms with Gasteiger partial charge in [-0.2, -0.15) is 0 Å². The molecule has 1 aliphatic heterocycles. The number of aromatic nitrogens is 6. The van der Waals surface area contributed by atoms with Gasteiger partial charge in [-0.05, 0) is 24.6 Å². The van der Waals surface area contributed by atoms with E-state index in [2.05, 4.69) is 36.2 Å². The van der Waals surface area contributed by atoms with Gasteiger partial charge in [-0.1, -0.05) is 5.21 Å². The maximum Gasteiger partial charge on any atom is 0.270 e. The van der Waals surface area contributed by atoms with Crippen LogP contribution in [0.5, 0.6) is 0 Å². The van der Waals surface area contributed by atoms with Crippen LogP contribution in [0.1, 0.15) is 23.0 Å². The van der Waals surface area contributed by atoms with Crippen molar-refractivity contribution in [2.24, 2.45) is 7.05 Å². The highest BCUT2D eigenvalue weighted by molar-refractivity contribution is 5.94. The summed E-state index contributed by atoms with van der Waals surface area (Å²) in [6, 6.07) is 3.81. The number of fused-ring (bicyclic) bond motifs is 5. The maximum atomic E-state index is 12.8. The van der Waals surface area contributed by atoms with Crippen LogP contribution in [-0.2, 0) is 18.4 Å². The van der Waals surface area contributed by atoms with Gasteiger partial charge in [0.15, 0.2) is 11.5 Å². The molecule has 3 N–H and O–H groups in total. The molecule has 0 fully saturated rings. The second-order valence-electron chi connectivity index (χ2n) is 7.30. The number of nitrogens with zero attached hydrogens (tertiary/aromatic N) is 6. The van der Waals surface area contributed by atoms with Gasteiger partial charge in [0.05, 0.1) is 36.8 Å². The van der Waals surface area contributed by atoms with E-state index in [1.165, 1.54) is 6.20 Å². The summed E-state index contributed by atoms with van der Waals surface area (Å²) in [6.07, 6.45) is 3.29. The fraction of sp³-hybridized carbons (Fsp3) is 0.316. The Morgan fingerprint density at radius 2 is 2.20 bits per heavy atom. The highest BCUT2D eigenvalue weighted by Crippen LogP contribution is 2.28. The van der Waals surface area contributed by atoms with Crippen molar-refractivity contribution in [2.75, 3.05) is 24.3 Å². The van der Waals surface area contributed by atoms with Crippen molar-refractivity contribution in [1.29, 1.82) is 0 Å². The van der Waals surface area contributed by atoms with Crippen molar-refractivity contribution < 1.29 is 9.53 Å². The van der Waals surface area contributed by atoms with Crippen LogP contribution in [0, 0.1) is 0 Å². The van der Waals surface area contributed by atoms with Crippen LogP contribution < -0.4 is 16.0 Å². The number of benzene rings is 1. The topological polar surface area (TPSA) is 123 Å². The van der Waals surface area contributed by atoms with E-state index in [0.717, 1.165) is 22.3 Å². The zero-order valence-electron chi connectivity index (χ0n) is 16.8. The average molecular weight is 407 g/mol. The van der Waals surface area contributed by atoms with Crippen molar-refractivity contribution in [3.63, 3.8) is 0 Å². The molecular weight excluding hydrogens is 386 g/mol. The Morgan fingerprint density at radius 1 is 1.33 bits per heavy atom. The third-order valence-electron chi connectivity index (χ3n) is 5.02. The van der Waals surface area contributed by atoms with Gasteiger partial charge < -0.3 is 20.7 Å². The Hall–Kier alpha value is -3.73. The van der Waals surface area contributed by atoms with E-state index < -0.39 is 0 Å². The first-order chi connectivity index (χ1) is 14.5. The molecule has 30 heavy (non-hydrogen) atoms. The summed E-state index contributed by atoms with van der Waals surface area (Å²) >= 11 is 0. The third-order valence-corrected chi connectivity index (χ3v) is 5.02. The van der Waals surface area contributed by atoms with Crippen LogP contribution in [0.25, 0.3) is 16.7 Å². The summed E-state index contributed by atoms with van der Waals surface area (Å²) < 4.78 is 9.28. The molecule has 5 rings (SSSR count). The molecule has 0 aliphatic carbocycles. The lowest BCUT2D eigenvalue weighted by Crippen LogP contribution is -2.36. The van der Waals surface area contributed by atoms with E-state index in [0.29, 0.717) is 36.2 Å². The summed E-state index contributed by atoms with van der Waals surface area (Å²) in [5.74, 6) is 0.854. The minimum Gasteiger partial charge on any atom is -0.375 e. The Bertz CT molecular complexity index is 1280. The standard InChI is InChI=1S/C19H21N9O2/c1-10-8-30-9-11-4-12(16-13(5-11)27(3)26-25-16)23-15-7-28-14(19(29)22-10)6-21-18(28)17(20-2)24-15/h4-7,10,23H,8-9H2,1-3H3,(H,20,24)(H,22,29)/t10-/m1/s1. The van der Waals surface area contributed by atoms with Gasteiger partial charge >= 0.3 is 0 Å². The summed E-state index contributed by atoms with van der Waals surface area (Å²) in [5, 5.41) is 17.8. The second kappa shape index (κ2) is 6.95. The van der Waals surface area contributed by atoms with Crippen LogP contribution in [0.4, 0.5) is 17.3 Å².